The van der Waals surface area contributed by atoms with Crippen molar-refractivity contribution in [3.8, 4) is 0 Å². The maximum Gasteiger partial charge on any atom is 0.366 e. The molecule has 0 saturated carbocycles. The molecule has 0 aromatic heterocycles. The van der Waals surface area contributed by atoms with E-state index in [1.165, 1.54) is 26.0 Å². The lowest BCUT2D eigenvalue weighted by atomic mass is 10.1. The first-order valence-electron chi connectivity index (χ1n) is 7.17. The fraction of sp³-hybridized carbons (Fsp3) is 0.600. The molecule has 0 aliphatic heterocycles. The van der Waals surface area contributed by atoms with Crippen LogP contribution in [-0.2, 0) is 20.8 Å². The first kappa shape index (κ1) is 20.2. The fourth-order valence-electron chi connectivity index (χ4n) is 1.81. The van der Waals surface area contributed by atoms with Crippen LogP contribution in [-0.4, -0.2) is 28.7 Å². The molecule has 0 amide bonds. The molecule has 0 aliphatic carbocycles. The van der Waals surface area contributed by atoms with Crippen molar-refractivity contribution < 1.29 is 21.4 Å². The van der Waals surface area contributed by atoms with Gasteiger partial charge in [-0.2, -0.15) is 8.78 Å². The van der Waals surface area contributed by atoms with E-state index in [1.54, 1.807) is 26.8 Å². The maximum absolute atomic E-state index is 14.8. The molecule has 1 N–H and O–H groups in total. The second-order valence-electron chi connectivity index (χ2n) is 6.60. The second-order valence-corrected chi connectivity index (χ2v) is 10.6. The highest BCUT2D eigenvalue weighted by Crippen LogP contribution is 2.35. The summed E-state index contributed by atoms with van der Waals surface area (Å²) in [4.78, 5) is -0.459. The van der Waals surface area contributed by atoms with Gasteiger partial charge in [0.2, 0.25) is 9.84 Å². The largest absolute Gasteiger partial charge is 0.366 e. The second kappa shape index (κ2) is 6.94. The van der Waals surface area contributed by atoms with Gasteiger partial charge in [0.05, 0.1) is 20.6 Å². The van der Waals surface area contributed by atoms with Gasteiger partial charge in [0.15, 0.2) is 0 Å². The molecular weight excluding hydrogens is 344 g/mol. The zero-order chi connectivity index (χ0) is 18.1. The quantitative estimate of drug-likeness (QED) is 0.840. The van der Waals surface area contributed by atoms with Gasteiger partial charge in [-0.05, 0) is 38.8 Å². The minimum absolute atomic E-state index is 0.459. The van der Waals surface area contributed by atoms with E-state index in [4.69, 9.17) is 0 Å². The van der Waals surface area contributed by atoms with Crippen molar-refractivity contribution in [3.05, 3.63) is 30.3 Å². The number of alkyl halides is 2. The fourth-order valence-corrected chi connectivity index (χ4v) is 4.38. The predicted molar refractivity (Wildman–Crippen MR) is 88.2 cm³/mol. The average molecular weight is 367 g/mol. The lowest BCUT2D eigenvalue weighted by molar-refractivity contribution is 0.0388. The van der Waals surface area contributed by atoms with Crippen molar-refractivity contribution in [3.63, 3.8) is 0 Å². The van der Waals surface area contributed by atoms with Gasteiger partial charge in [-0.1, -0.05) is 32.0 Å². The first-order valence-corrected chi connectivity index (χ1v) is 9.80. The van der Waals surface area contributed by atoms with Crippen LogP contribution < -0.4 is 4.72 Å². The lowest BCUT2D eigenvalue weighted by Crippen LogP contribution is -2.55. The Morgan fingerprint density at radius 2 is 1.57 bits per heavy atom. The van der Waals surface area contributed by atoms with E-state index >= 15 is 0 Å². The summed E-state index contributed by atoms with van der Waals surface area (Å²) >= 11 is 0. The van der Waals surface area contributed by atoms with Crippen LogP contribution in [0.5, 0.6) is 0 Å². The number of nitrogens with one attached hydrogen (secondary N) is 1. The third kappa shape index (κ3) is 4.36. The zero-order valence-electron chi connectivity index (χ0n) is 13.8. The Hall–Kier alpha value is -0.860. The summed E-state index contributed by atoms with van der Waals surface area (Å²) in [7, 11) is -6.72. The molecular formula is C15H23F2NO3S2. The summed E-state index contributed by atoms with van der Waals surface area (Å²) < 4.78 is 67.9. The Balaban J connectivity index is 3.27. The van der Waals surface area contributed by atoms with E-state index in [1.807, 2.05) is 0 Å². The topological polar surface area (TPSA) is 63.2 Å². The van der Waals surface area contributed by atoms with Gasteiger partial charge in [-0.25, -0.2) is 17.3 Å². The third-order valence-corrected chi connectivity index (χ3v) is 6.67. The molecule has 2 atom stereocenters. The summed E-state index contributed by atoms with van der Waals surface area (Å²) in [6.45, 7) is 7.80. The SMILES string of the molecule is CC(C)[C@@H](N[S@@](=O)C(C)(C)C)C(F)(F)S(=O)(=O)c1ccccc1. The van der Waals surface area contributed by atoms with Gasteiger partial charge in [0.1, 0.15) is 6.04 Å². The Bertz CT molecular complexity index is 653. The number of sulfone groups is 1. The molecule has 1 aromatic carbocycles. The maximum atomic E-state index is 14.8. The highest BCUT2D eigenvalue weighted by molar-refractivity contribution is 7.92. The van der Waals surface area contributed by atoms with Crippen molar-refractivity contribution in [2.45, 2.75) is 55.6 Å². The van der Waals surface area contributed by atoms with Gasteiger partial charge in [-0.3, -0.25) is 0 Å². The molecule has 4 nitrogen and oxygen atoms in total. The van der Waals surface area contributed by atoms with Crippen molar-refractivity contribution in [2.75, 3.05) is 0 Å². The van der Waals surface area contributed by atoms with Crippen LogP contribution in [0.25, 0.3) is 0 Å². The predicted octanol–water partition coefficient (Wildman–Crippen LogP) is 3.13. The van der Waals surface area contributed by atoms with Crippen LogP contribution in [0.3, 0.4) is 0 Å². The van der Waals surface area contributed by atoms with Gasteiger partial charge in [0, 0.05) is 0 Å². The first-order chi connectivity index (χ1) is 10.3. The molecule has 1 rings (SSSR count). The zero-order valence-corrected chi connectivity index (χ0v) is 15.5. The molecule has 23 heavy (non-hydrogen) atoms. The number of benzene rings is 1. The molecule has 0 heterocycles. The lowest BCUT2D eigenvalue weighted by Gasteiger charge is -2.32. The monoisotopic (exact) mass is 367 g/mol. The standard InChI is InChI=1S/C15H23F2NO3S2/c1-11(2)13(18-22(19)14(3,4)5)15(16,17)23(20,21)12-9-7-6-8-10-12/h6-11,13,18H,1-5H3/t13-,22+/m1/s1. The van der Waals surface area contributed by atoms with Crippen LogP contribution in [0.4, 0.5) is 8.78 Å². The van der Waals surface area contributed by atoms with E-state index in [-0.39, 0.29) is 0 Å². The Morgan fingerprint density at radius 1 is 1.09 bits per heavy atom. The molecule has 0 bridgehead atoms. The number of rotatable bonds is 6. The van der Waals surface area contributed by atoms with E-state index in [0.29, 0.717) is 0 Å². The summed E-state index contributed by atoms with van der Waals surface area (Å²) in [6, 6.07) is 4.79. The highest BCUT2D eigenvalue weighted by atomic mass is 32.2. The van der Waals surface area contributed by atoms with E-state index < -0.39 is 47.7 Å². The molecule has 132 valence electrons. The Labute approximate surface area is 139 Å². The molecule has 1 aromatic rings. The molecule has 0 saturated heterocycles. The van der Waals surface area contributed by atoms with Crippen molar-refractivity contribution in [1.82, 2.24) is 4.72 Å². The average Bonchev–Trinajstić information content (AvgIpc) is 2.43. The van der Waals surface area contributed by atoms with Gasteiger partial charge >= 0.3 is 5.25 Å². The Morgan fingerprint density at radius 3 is 1.96 bits per heavy atom. The summed E-state index contributed by atoms with van der Waals surface area (Å²) in [6.07, 6.45) is 0. The van der Waals surface area contributed by atoms with Gasteiger partial charge in [-0.15, -0.1) is 0 Å². The summed E-state index contributed by atoms with van der Waals surface area (Å²) in [5.74, 6) is -0.741. The number of hydrogen-bond acceptors (Lipinski definition) is 3. The molecule has 0 unspecified atom stereocenters. The van der Waals surface area contributed by atoms with E-state index in [2.05, 4.69) is 4.72 Å². The van der Waals surface area contributed by atoms with Crippen LogP contribution >= 0.6 is 0 Å². The van der Waals surface area contributed by atoms with Gasteiger partial charge < -0.3 is 0 Å². The third-order valence-electron chi connectivity index (χ3n) is 3.23. The molecule has 8 heteroatoms. The van der Waals surface area contributed by atoms with Crippen LogP contribution in [0.15, 0.2) is 35.2 Å². The molecule has 0 fully saturated rings. The number of halogens is 2. The molecule has 0 spiro atoms. The van der Waals surface area contributed by atoms with Crippen LogP contribution in [0.1, 0.15) is 34.6 Å². The normalized spacial score (nSPS) is 16.3. The van der Waals surface area contributed by atoms with Crippen molar-refractivity contribution in [2.24, 2.45) is 5.92 Å². The minimum Gasteiger partial charge on any atom is -0.242 e. The van der Waals surface area contributed by atoms with E-state index in [0.717, 1.165) is 12.1 Å². The smallest absolute Gasteiger partial charge is 0.242 e. The highest BCUT2D eigenvalue weighted by Gasteiger charge is 2.54. The molecule has 0 aliphatic rings. The van der Waals surface area contributed by atoms with Crippen molar-refractivity contribution in [1.29, 1.82) is 0 Å². The summed E-state index contributed by atoms with van der Waals surface area (Å²) in [5.41, 5.74) is 0. The van der Waals surface area contributed by atoms with Gasteiger partial charge in [0.25, 0.3) is 0 Å². The van der Waals surface area contributed by atoms with Crippen LogP contribution in [0.2, 0.25) is 0 Å². The number of hydrogen-bond donors (Lipinski definition) is 1. The van der Waals surface area contributed by atoms with Crippen molar-refractivity contribution >= 4 is 20.8 Å². The van der Waals surface area contributed by atoms with E-state index in [9.17, 15) is 21.4 Å². The molecule has 0 radical (unpaired) electrons. The Kier molecular flexibility index (Phi) is 6.09. The minimum atomic E-state index is -4.90. The van der Waals surface area contributed by atoms with Crippen LogP contribution in [0, 0.1) is 5.92 Å². The summed E-state index contributed by atoms with van der Waals surface area (Å²) in [5, 5.41) is -4.09.